The summed E-state index contributed by atoms with van der Waals surface area (Å²) in [5.74, 6) is 0.423. The minimum Gasteiger partial charge on any atom is -0.443 e. The van der Waals surface area contributed by atoms with Crippen molar-refractivity contribution in [3.63, 3.8) is 0 Å². The number of anilines is 1. The monoisotopic (exact) mass is 339 g/mol. The lowest BCUT2D eigenvalue weighted by molar-refractivity contribution is 0.0930. The predicted molar refractivity (Wildman–Crippen MR) is 95.3 cm³/mol. The number of para-hydroxylation sites is 1. The molecule has 0 aliphatic heterocycles. The highest BCUT2D eigenvalue weighted by Gasteiger charge is 2.19. The SMILES string of the molecule is CCC(CC)NC(=O)c1coc(-c2cnn(-c3ccccc3)c2N)n1. The highest BCUT2D eigenvalue weighted by Crippen LogP contribution is 2.27. The molecule has 0 aliphatic carbocycles. The van der Waals surface area contributed by atoms with Crippen LogP contribution in [0, 0.1) is 0 Å². The number of nitrogens with zero attached hydrogens (tertiary/aromatic N) is 3. The van der Waals surface area contributed by atoms with E-state index in [2.05, 4.69) is 15.4 Å². The highest BCUT2D eigenvalue weighted by molar-refractivity contribution is 5.92. The molecule has 3 N–H and O–H groups in total. The first kappa shape index (κ1) is 16.8. The van der Waals surface area contributed by atoms with Crippen molar-refractivity contribution in [2.45, 2.75) is 32.7 Å². The molecule has 7 heteroatoms. The van der Waals surface area contributed by atoms with E-state index in [1.54, 1.807) is 10.9 Å². The van der Waals surface area contributed by atoms with Gasteiger partial charge in [-0.15, -0.1) is 0 Å². The predicted octanol–water partition coefficient (Wildman–Crippen LogP) is 3.03. The van der Waals surface area contributed by atoms with Crippen LogP contribution in [0.15, 0.2) is 47.2 Å². The van der Waals surface area contributed by atoms with Gasteiger partial charge in [0.2, 0.25) is 5.89 Å². The van der Waals surface area contributed by atoms with Crippen molar-refractivity contribution in [3.05, 3.63) is 48.5 Å². The number of hydrogen-bond donors (Lipinski definition) is 2. The molecule has 3 aromatic rings. The first-order valence-corrected chi connectivity index (χ1v) is 8.29. The molecule has 25 heavy (non-hydrogen) atoms. The van der Waals surface area contributed by atoms with E-state index in [0.717, 1.165) is 18.5 Å². The van der Waals surface area contributed by atoms with Gasteiger partial charge in [-0.05, 0) is 25.0 Å². The van der Waals surface area contributed by atoms with Crippen LogP contribution in [0.5, 0.6) is 0 Å². The number of hydrogen-bond acceptors (Lipinski definition) is 5. The van der Waals surface area contributed by atoms with E-state index in [-0.39, 0.29) is 23.5 Å². The van der Waals surface area contributed by atoms with Crippen LogP contribution in [-0.4, -0.2) is 26.7 Å². The molecule has 0 saturated heterocycles. The minimum absolute atomic E-state index is 0.124. The Kier molecular flexibility index (Phi) is 4.83. The van der Waals surface area contributed by atoms with Gasteiger partial charge in [-0.25, -0.2) is 9.67 Å². The molecule has 0 saturated carbocycles. The van der Waals surface area contributed by atoms with Gasteiger partial charge in [0, 0.05) is 6.04 Å². The lowest BCUT2D eigenvalue weighted by Gasteiger charge is -2.12. The first-order chi connectivity index (χ1) is 12.1. The lowest BCUT2D eigenvalue weighted by atomic mass is 10.2. The molecule has 0 radical (unpaired) electrons. The Morgan fingerprint density at radius 1 is 1.28 bits per heavy atom. The van der Waals surface area contributed by atoms with E-state index in [0.29, 0.717) is 11.4 Å². The maximum Gasteiger partial charge on any atom is 0.273 e. The quantitative estimate of drug-likeness (QED) is 0.719. The third kappa shape index (κ3) is 3.40. The summed E-state index contributed by atoms with van der Waals surface area (Å²) >= 11 is 0. The molecule has 130 valence electrons. The number of carbonyl (C=O) groups is 1. The second-order valence-corrected chi connectivity index (χ2v) is 5.72. The van der Waals surface area contributed by atoms with Gasteiger partial charge in [-0.2, -0.15) is 5.10 Å². The lowest BCUT2D eigenvalue weighted by Crippen LogP contribution is -2.33. The van der Waals surface area contributed by atoms with Gasteiger partial charge in [-0.1, -0.05) is 32.0 Å². The van der Waals surface area contributed by atoms with Crippen LogP contribution in [0.1, 0.15) is 37.2 Å². The van der Waals surface area contributed by atoms with E-state index in [4.69, 9.17) is 10.2 Å². The van der Waals surface area contributed by atoms with Gasteiger partial charge < -0.3 is 15.5 Å². The van der Waals surface area contributed by atoms with Gasteiger partial charge in [0.25, 0.3) is 5.91 Å². The standard InChI is InChI=1S/C18H21N5O2/c1-3-12(4-2)21-17(24)15-11-25-18(22-15)14-10-20-23(16(14)19)13-8-6-5-7-9-13/h5-12H,3-4,19H2,1-2H3,(H,21,24). The third-order valence-corrected chi connectivity index (χ3v) is 4.10. The molecule has 0 aliphatic rings. The Bertz CT molecular complexity index is 849. The van der Waals surface area contributed by atoms with Gasteiger partial charge in [0.15, 0.2) is 5.69 Å². The average Bonchev–Trinajstić information content (AvgIpc) is 3.27. The molecule has 3 rings (SSSR count). The van der Waals surface area contributed by atoms with Crippen LogP contribution in [0.2, 0.25) is 0 Å². The molecule has 0 atom stereocenters. The van der Waals surface area contributed by atoms with Crippen molar-refractivity contribution in [2.75, 3.05) is 5.73 Å². The number of carbonyl (C=O) groups excluding carboxylic acids is 1. The van der Waals surface area contributed by atoms with Gasteiger partial charge >= 0.3 is 0 Å². The summed E-state index contributed by atoms with van der Waals surface area (Å²) in [6.07, 6.45) is 4.65. The summed E-state index contributed by atoms with van der Waals surface area (Å²) < 4.78 is 7.05. The van der Waals surface area contributed by atoms with Crippen molar-refractivity contribution in [3.8, 4) is 17.1 Å². The molecule has 2 heterocycles. The molecular formula is C18H21N5O2. The zero-order chi connectivity index (χ0) is 17.8. The summed E-state index contributed by atoms with van der Waals surface area (Å²) in [4.78, 5) is 16.5. The van der Waals surface area contributed by atoms with Crippen LogP contribution < -0.4 is 11.1 Å². The van der Waals surface area contributed by atoms with Crippen molar-refractivity contribution in [1.29, 1.82) is 0 Å². The van der Waals surface area contributed by atoms with Crippen LogP contribution in [-0.2, 0) is 0 Å². The number of benzene rings is 1. The first-order valence-electron chi connectivity index (χ1n) is 8.29. The molecule has 0 bridgehead atoms. The number of aromatic nitrogens is 3. The van der Waals surface area contributed by atoms with Crippen LogP contribution in [0.3, 0.4) is 0 Å². The van der Waals surface area contributed by atoms with Crippen LogP contribution >= 0.6 is 0 Å². The minimum atomic E-state index is -0.252. The Labute approximate surface area is 145 Å². The zero-order valence-electron chi connectivity index (χ0n) is 14.3. The number of nitrogens with one attached hydrogen (secondary N) is 1. The van der Waals surface area contributed by atoms with E-state index >= 15 is 0 Å². The number of nitrogen functional groups attached to an aromatic ring is 1. The molecular weight excluding hydrogens is 318 g/mol. The third-order valence-electron chi connectivity index (χ3n) is 4.10. The summed E-state index contributed by atoms with van der Waals surface area (Å²) in [7, 11) is 0. The average molecular weight is 339 g/mol. The Hall–Kier alpha value is -3.09. The number of amides is 1. The number of oxazole rings is 1. The largest absolute Gasteiger partial charge is 0.443 e. The normalized spacial score (nSPS) is 11.0. The highest BCUT2D eigenvalue weighted by atomic mass is 16.3. The second kappa shape index (κ2) is 7.21. The van der Waals surface area contributed by atoms with E-state index in [1.165, 1.54) is 6.26 Å². The van der Waals surface area contributed by atoms with Crippen molar-refractivity contribution < 1.29 is 9.21 Å². The van der Waals surface area contributed by atoms with Gasteiger partial charge in [-0.3, -0.25) is 4.79 Å². The summed E-state index contributed by atoms with van der Waals surface area (Å²) in [5, 5.41) is 7.21. The molecule has 0 fully saturated rings. The van der Waals surface area contributed by atoms with Crippen LogP contribution in [0.4, 0.5) is 5.82 Å². The fourth-order valence-corrected chi connectivity index (χ4v) is 2.55. The molecule has 2 aromatic heterocycles. The molecule has 7 nitrogen and oxygen atoms in total. The summed E-state index contributed by atoms with van der Waals surface area (Å²) in [5.41, 5.74) is 7.79. The van der Waals surface area contributed by atoms with E-state index in [9.17, 15) is 4.79 Å². The molecule has 1 amide bonds. The van der Waals surface area contributed by atoms with E-state index in [1.807, 2.05) is 44.2 Å². The zero-order valence-corrected chi connectivity index (χ0v) is 14.3. The van der Waals surface area contributed by atoms with Gasteiger partial charge in [0.1, 0.15) is 12.1 Å². The van der Waals surface area contributed by atoms with Crippen molar-refractivity contribution in [1.82, 2.24) is 20.1 Å². The molecule has 0 unspecified atom stereocenters. The smallest absolute Gasteiger partial charge is 0.273 e. The fourth-order valence-electron chi connectivity index (χ4n) is 2.55. The Morgan fingerprint density at radius 2 is 2.00 bits per heavy atom. The Balaban J connectivity index is 1.84. The maximum absolute atomic E-state index is 12.2. The van der Waals surface area contributed by atoms with Crippen LogP contribution in [0.25, 0.3) is 17.1 Å². The Morgan fingerprint density at radius 3 is 2.68 bits per heavy atom. The molecule has 1 aromatic carbocycles. The second-order valence-electron chi connectivity index (χ2n) is 5.72. The number of rotatable bonds is 6. The van der Waals surface area contributed by atoms with Crippen molar-refractivity contribution in [2.24, 2.45) is 0 Å². The summed E-state index contributed by atoms with van der Waals surface area (Å²) in [6, 6.07) is 9.65. The van der Waals surface area contributed by atoms with Crippen molar-refractivity contribution >= 4 is 11.7 Å². The topological polar surface area (TPSA) is 99.0 Å². The summed E-state index contributed by atoms with van der Waals surface area (Å²) in [6.45, 7) is 4.06. The van der Waals surface area contributed by atoms with Gasteiger partial charge in [0.05, 0.1) is 17.4 Å². The molecule has 0 spiro atoms. The van der Waals surface area contributed by atoms with E-state index < -0.39 is 0 Å². The fraction of sp³-hybridized carbons (Fsp3) is 0.278. The number of nitrogens with two attached hydrogens (primary N) is 1. The maximum atomic E-state index is 12.2.